The van der Waals surface area contributed by atoms with E-state index in [1.54, 1.807) is 12.1 Å². The van der Waals surface area contributed by atoms with E-state index in [0.717, 1.165) is 30.0 Å². The summed E-state index contributed by atoms with van der Waals surface area (Å²) in [6, 6.07) is 7.23. The second kappa shape index (κ2) is 7.63. The maximum absolute atomic E-state index is 11.6. The Hall–Kier alpha value is -0.610. The fourth-order valence-corrected chi connectivity index (χ4v) is 1.93. The van der Waals surface area contributed by atoms with Crippen molar-refractivity contribution in [3.05, 3.63) is 29.8 Å². The van der Waals surface area contributed by atoms with Crippen LogP contribution in [0, 0.1) is 0 Å². The van der Waals surface area contributed by atoms with Gasteiger partial charge in [0, 0.05) is 17.0 Å². The van der Waals surface area contributed by atoms with Crippen LogP contribution in [-0.4, -0.2) is 24.5 Å². The first kappa shape index (κ1) is 13.5. The summed E-state index contributed by atoms with van der Waals surface area (Å²) in [6.45, 7) is 0.752. The second-order valence-corrected chi connectivity index (χ2v) is 5.00. The lowest BCUT2D eigenvalue weighted by Crippen LogP contribution is -2.24. The van der Waals surface area contributed by atoms with Crippen LogP contribution in [0.1, 0.15) is 23.2 Å². The van der Waals surface area contributed by atoms with Gasteiger partial charge in [-0.25, -0.2) is 0 Å². The Labute approximate surface area is 107 Å². The van der Waals surface area contributed by atoms with Crippen LogP contribution in [0.2, 0.25) is 0 Å². The Bertz CT molecular complexity index is 324. The van der Waals surface area contributed by atoms with E-state index in [1.165, 1.54) is 0 Å². The summed E-state index contributed by atoms with van der Waals surface area (Å²) in [5.74, 6) is 1.15. The van der Waals surface area contributed by atoms with Crippen molar-refractivity contribution in [1.82, 2.24) is 5.32 Å². The molecule has 0 aliphatic heterocycles. The largest absolute Gasteiger partial charge is 0.352 e. The van der Waals surface area contributed by atoms with Gasteiger partial charge >= 0.3 is 0 Å². The van der Waals surface area contributed by atoms with Crippen molar-refractivity contribution in [2.45, 2.75) is 17.7 Å². The predicted octanol–water partition coefficient (Wildman–Crippen LogP) is 2.85. The molecule has 0 aliphatic carbocycles. The van der Waals surface area contributed by atoms with Gasteiger partial charge in [0.05, 0.1) is 0 Å². The predicted molar refractivity (Wildman–Crippen MR) is 73.6 cm³/mol. The number of hydrogen-bond donors (Lipinski definition) is 2. The second-order valence-electron chi connectivity index (χ2n) is 3.50. The molecule has 1 amide bonds. The first-order valence-electron chi connectivity index (χ1n) is 5.30. The zero-order valence-electron chi connectivity index (χ0n) is 9.40. The Balaban J connectivity index is 2.27. The van der Waals surface area contributed by atoms with Crippen LogP contribution in [-0.2, 0) is 0 Å². The highest BCUT2D eigenvalue weighted by Crippen LogP contribution is 2.07. The van der Waals surface area contributed by atoms with Crippen molar-refractivity contribution in [2.24, 2.45) is 0 Å². The first-order chi connectivity index (χ1) is 7.74. The quantitative estimate of drug-likeness (QED) is 0.604. The number of thioether (sulfide) groups is 1. The van der Waals surface area contributed by atoms with Crippen LogP contribution in [0.15, 0.2) is 29.2 Å². The molecule has 1 N–H and O–H groups in total. The number of carbonyl (C=O) groups is 1. The lowest BCUT2D eigenvalue weighted by Gasteiger charge is -2.04. The molecule has 0 heterocycles. The maximum atomic E-state index is 11.6. The smallest absolute Gasteiger partial charge is 0.251 e. The molecule has 0 saturated heterocycles. The molecule has 0 aromatic heterocycles. The highest BCUT2D eigenvalue weighted by molar-refractivity contribution is 7.98. The van der Waals surface area contributed by atoms with Crippen LogP contribution in [0.4, 0.5) is 0 Å². The summed E-state index contributed by atoms with van der Waals surface area (Å²) >= 11 is 6.01. The summed E-state index contributed by atoms with van der Waals surface area (Å²) in [4.78, 5) is 12.5. The van der Waals surface area contributed by atoms with E-state index in [9.17, 15) is 4.79 Å². The van der Waals surface area contributed by atoms with Crippen molar-refractivity contribution in [3.63, 3.8) is 0 Å². The standard InChI is InChI=1S/C12H17NOS2/c1-16-9-3-2-8-13-12(14)10-4-6-11(15)7-5-10/h4-7,15H,2-3,8-9H2,1H3,(H,13,14). The Kier molecular flexibility index (Phi) is 6.42. The van der Waals surface area contributed by atoms with Gasteiger partial charge in [-0.1, -0.05) is 0 Å². The van der Waals surface area contributed by atoms with Crippen LogP contribution in [0.3, 0.4) is 0 Å². The number of unbranched alkanes of at least 4 members (excludes halogenated alkanes) is 1. The lowest BCUT2D eigenvalue weighted by molar-refractivity contribution is 0.0953. The number of rotatable bonds is 6. The molecular weight excluding hydrogens is 238 g/mol. The number of nitrogens with one attached hydrogen (secondary N) is 1. The molecule has 0 bridgehead atoms. The minimum Gasteiger partial charge on any atom is -0.352 e. The summed E-state index contributed by atoms with van der Waals surface area (Å²) in [6.07, 6.45) is 4.28. The van der Waals surface area contributed by atoms with Gasteiger partial charge < -0.3 is 5.32 Å². The molecule has 0 aliphatic rings. The Morgan fingerprint density at radius 3 is 2.62 bits per heavy atom. The van der Waals surface area contributed by atoms with E-state index in [1.807, 2.05) is 23.9 Å². The van der Waals surface area contributed by atoms with Crippen molar-refractivity contribution in [3.8, 4) is 0 Å². The van der Waals surface area contributed by atoms with Gasteiger partial charge in [-0.3, -0.25) is 4.79 Å². The van der Waals surface area contributed by atoms with E-state index in [2.05, 4.69) is 24.2 Å². The number of benzene rings is 1. The van der Waals surface area contributed by atoms with Crippen LogP contribution in [0.25, 0.3) is 0 Å². The number of hydrogen-bond acceptors (Lipinski definition) is 3. The molecule has 0 radical (unpaired) electrons. The fraction of sp³-hybridized carbons (Fsp3) is 0.417. The maximum Gasteiger partial charge on any atom is 0.251 e. The molecule has 16 heavy (non-hydrogen) atoms. The SMILES string of the molecule is CSCCCCNC(=O)c1ccc(S)cc1. The average molecular weight is 255 g/mol. The molecule has 1 rings (SSSR count). The third kappa shape index (κ3) is 4.94. The van der Waals surface area contributed by atoms with Gasteiger partial charge in [0.1, 0.15) is 0 Å². The van der Waals surface area contributed by atoms with E-state index in [4.69, 9.17) is 0 Å². The van der Waals surface area contributed by atoms with Gasteiger partial charge in [0.2, 0.25) is 0 Å². The van der Waals surface area contributed by atoms with Gasteiger partial charge in [-0.15, -0.1) is 12.6 Å². The summed E-state index contributed by atoms with van der Waals surface area (Å²) in [7, 11) is 0. The minimum absolute atomic E-state index is 0.00233. The average Bonchev–Trinajstić information content (AvgIpc) is 2.29. The molecule has 0 spiro atoms. The Morgan fingerprint density at radius 2 is 2.00 bits per heavy atom. The minimum atomic E-state index is -0.00233. The molecule has 88 valence electrons. The van der Waals surface area contributed by atoms with Crippen molar-refractivity contribution in [2.75, 3.05) is 18.6 Å². The topological polar surface area (TPSA) is 29.1 Å². The lowest BCUT2D eigenvalue weighted by atomic mass is 10.2. The molecule has 2 nitrogen and oxygen atoms in total. The van der Waals surface area contributed by atoms with E-state index in [0.29, 0.717) is 5.56 Å². The number of amides is 1. The van der Waals surface area contributed by atoms with E-state index >= 15 is 0 Å². The molecule has 4 heteroatoms. The van der Waals surface area contributed by atoms with Gasteiger partial charge in [-0.2, -0.15) is 11.8 Å². The zero-order chi connectivity index (χ0) is 11.8. The normalized spacial score (nSPS) is 10.1. The molecular formula is C12H17NOS2. The highest BCUT2D eigenvalue weighted by Gasteiger charge is 2.03. The monoisotopic (exact) mass is 255 g/mol. The van der Waals surface area contributed by atoms with Crippen LogP contribution >= 0.6 is 24.4 Å². The van der Waals surface area contributed by atoms with Crippen LogP contribution in [0.5, 0.6) is 0 Å². The number of carbonyl (C=O) groups excluding carboxylic acids is 1. The van der Waals surface area contributed by atoms with Gasteiger partial charge in [0.25, 0.3) is 5.91 Å². The summed E-state index contributed by atoms with van der Waals surface area (Å²) in [5, 5.41) is 2.90. The fourth-order valence-electron chi connectivity index (χ4n) is 1.29. The van der Waals surface area contributed by atoms with Crippen LogP contribution < -0.4 is 5.32 Å². The third-order valence-electron chi connectivity index (χ3n) is 2.19. The van der Waals surface area contributed by atoms with Crippen molar-refractivity contribution >= 4 is 30.3 Å². The molecule has 0 unspecified atom stereocenters. The summed E-state index contributed by atoms with van der Waals surface area (Å²) in [5.41, 5.74) is 0.697. The molecule has 0 fully saturated rings. The number of thiol groups is 1. The van der Waals surface area contributed by atoms with Gasteiger partial charge in [0.15, 0.2) is 0 Å². The molecule has 1 aromatic rings. The van der Waals surface area contributed by atoms with Gasteiger partial charge in [-0.05, 0) is 49.1 Å². The zero-order valence-corrected chi connectivity index (χ0v) is 11.1. The summed E-state index contributed by atoms with van der Waals surface area (Å²) < 4.78 is 0. The Morgan fingerprint density at radius 1 is 1.31 bits per heavy atom. The highest BCUT2D eigenvalue weighted by atomic mass is 32.2. The molecule has 0 atom stereocenters. The van der Waals surface area contributed by atoms with E-state index < -0.39 is 0 Å². The molecule has 1 aromatic carbocycles. The van der Waals surface area contributed by atoms with Crippen molar-refractivity contribution in [1.29, 1.82) is 0 Å². The van der Waals surface area contributed by atoms with E-state index in [-0.39, 0.29) is 5.91 Å². The van der Waals surface area contributed by atoms with Crippen molar-refractivity contribution < 1.29 is 4.79 Å². The first-order valence-corrected chi connectivity index (χ1v) is 7.14. The third-order valence-corrected chi connectivity index (χ3v) is 3.19. The molecule has 0 saturated carbocycles.